The Hall–Kier alpha value is -3.54. The van der Waals surface area contributed by atoms with Crippen LogP contribution in [0.1, 0.15) is 45.2 Å². The van der Waals surface area contributed by atoms with Gasteiger partial charge in [-0.05, 0) is 70.0 Å². The van der Waals surface area contributed by atoms with Crippen LogP contribution in [0.3, 0.4) is 0 Å². The SMILES string of the molecule is CCCOc1ccc(C=C2C(=O)N(c3ccc(C)cc3)C(C)=C2C(=O)OCC)cc1OCC. The molecule has 0 fully saturated rings. The van der Waals surface area contributed by atoms with Crippen molar-refractivity contribution < 1.29 is 23.8 Å². The van der Waals surface area contributed by atoms with Gasteiger partial charge in [0.1, 0.15) is 0 Å². The lowest BCUT2D eigenvalue weighted by molar-refractivity contribution is -0.138. The Kier molecular flexibility index (Phi) is 7.93. The molecular formula is C27H31NO5. The molecule has 0 atom stereocenters. The van der Waals surface area contributed by atoms with Crippen molar-refractivity contribution in [2.45, 2.75) is 41.0 Å². The Morgan fingerprint density at radius 2 is 1.67 bits per heavy atom. The third-order valence-electron chi connectivity index (χ3n) is 5.21. The highest BCUT2D eigenvalue weighted by atomic mass is 16.5. The molecule has 3 rings (SSSR count). The lowest BCUT2D eigenvalue weighted by Crippen LogP contribution is -2.24. The minimum absolute atomic E-state index is 0.222. The number of amides is 1. The number of allylic oxidation sites excluding steroid dienone is 1. The van der Waals surface area contributed by atoms with Gasteiger partial charge >= 0.3 is 5.97 Å². The van der Waals surface area contributed by atoms with Gasteiger partial charge in [0, 0.05) is 11.4 Å². The van der Waals surface area contributed by atoms with Crippen molar-refractivity contribution in [3.63, 3.8) is 0 Å². The van der Waals surface area contributed by atoms with Gasteiger partial charge < -0.3 is 14.2 Å². The molecule has 1 heterocycles. The number of carbonyl (C=O) groups excluding carboxylic acids is 2. The summed E-state index contributed by atoms with van der Waals surface area (Å²) >= 11 is 0. The topological polar surface area (TPSA) is 65.1 Å². The molecule has 0 saturated carbocycles. The second-order valence-electron chi connectivity index (χ2n) is 7.70. The van der Waals surface area contributed by atoms with Crippen molar-refractivity contribution in [1.29, 1.82) is 0 Å². The number of aryl methyl sites for hydroxylation is 1. The number of ether oxygens (including phenoxy) is 3. The van der Waals surface area contributed by atoms with Gasteiger partial charge in [-0.1, -0.05) is 30.7 Å². The number of hydrogen-bond donors (Lipinski definition) is 0. The van der Waals surface area contributed by atoms with Crippen molar-refractivity contribution >= 4 is 23.6 Å². The fourth-order valence-corrected chi connectivity index (χ4v) is 3.67. The average molecular weight is 450 g/mol. The van der Waals surface area contributed by atoms with Crippen LogP contribution in [0.4, 0.5) is 5.69 Å². The van der Waals surface area contributed by atoms with Gasteiger partial charge in [-0.3, -0.25) is 9.69 Å². The number of anilines is 1. The van der Waals surface area contributed by atoms with Crippen molar-refractivity contribution in [2.24, 2.45) is 0 Å². The quantitative estimate of drug-likeness (QED) is 0.376. The maximum atomic E-state index is 13.5. The summed E-state index contributed by atoms with van der Waals surface area (Å²) in [5.74, 6) is 0.456. The number of esters is 1. The second-order valence-corrected chi connectivity index (χ2v) is 7.70. The van der Waals surface area contributed by atoms with Gasteiger partial charge in [-0.15, -0.1) is 0 Å². The molecular weight excluding hydrogens is 418 g/mol. The minimum atomic E-state index is -0.517. The molecule has 0 saturated heterocycles. The van der Waals surface area contributed by atoms with E-state index < -0.39 is 5.97 Å². The van der Waals surface area contributed by atoms with E-state index in [1.165, 1.54) is 0 Å². The summed E-state index contributed by atoms with van der Waals surface area (Å²) in [5.41, 5.74) is 3.62. The molecule has 6 nitrogen and oxygen atoms in total. The van der Waals surface area contributed by atoms with Crippen molar-refractivity contribution in [3.05, 3.63) is 70.4 Å². The monoisotopic (exact) mass is 449 g/mol. The van der Waals surface area contributed by atoms with Gasteiger partial charge in [-0.25, -0.2) is 4.79 Å². The van der Waals surface area contributed by atoms with E-state index in [4.69, 9.17) is 14.2 Å². The Labute approximate surface area is 195 Å². The molecule has 0 aliphatic carbocycles. The van der Waals surface area contributed by atoms with Crippen LogP contribution in [0, 0.1) is 6.92 Å². The summed E-state index contributed by atoms with van der Waals surface area (Å²) in [6.45, 7) is 10.7. The molecule has 2 aromatic carbocycles. The van der Waals surface area contributed by atoms with Crippen molar-refractivity contribution in [1.82, 2.24) is 0 Å². The number of carbonyl (C=O) groups is 2. The highest BCUT2D eigenvalue weighted by Crippen LogP contribution is 2.37. The molecule has 1 aliphatic heterocycles. The first kappa shape index (κ1) is 24.1. The Bertz CT molecular complexity index is 1080. The average Bonchev–Trinajstić information content (AvgIpc) is 3.03. The van der Waals surface area contributed by atoms with E-state index in [-0.39, 0.29) is 23.7 Å². The minimum Gasteiger partial charge on any atom is -0.490 e. The third-order valence-corrected chi connectivity index (χ3v) is 5.21. The first-order chi connectivity index (χ1) is 15.9. The van der Waals surface area contributed by atoms with Crippen molar-refractivity contribution in [2.75, 3.05) is 24.7 Å². The third kappa shape index (κ3) is 5.28. The highest BCUT2D eigenvalue weighted by Gasteiger charge is 2.38. The number of hydrogen-bond acceptors (Lipinski definition) is 5. The predicted molar refractivity (Wildman–Crippen MR) is 129 cm³/mol. The molecule has 174 valence electrons. The van der Waals surface area contributed by atoms with Crippen LogP contribution in [0.15, 0.2) is 59.3 Å². The highest BCUT2D eigenvalue weighted by molar-refractivity contribution is 6.23. The van der Waals surface area contributed by atoms with Gasteiger partial charge in [-0.2, -0.15) is 0 Å². The summed E-state index contributed by atoms with van der Waals surface area (Å²) in [6, 6.07) is 13.1. The normalized spacial score (nSPS) is 14.8. The Morgan fingerprint density at radius 1 is 0.939 bits per heavy atom. The van der Waals surface area contributed by atoms with Crippen LogP contribution in [0.5, 0.6) is 11.5 Å². The standard InChI is InChI=1S/C27H31NO5/c1-6-15-33-23-14-11-20(17-24(23)31-7-2)16-22-25(27(30)32-8-3)19(5)28(26(22)29)21-12-9-18(4)10-13-21/h9-14,16-17H,6-8,15H2,1-5H3. The van der Waals surface area contributed by atoms with Crippen LogP contribution in [0.2, 0.25) is 0 Å². The lowest BCUT2D eigenvalue weighted by atomic mass is 10.0. The van der Waals surface area contributed by atoms with Crippen molar-refractivity contribution in [3.8, 4) is 11.5 Å². The van der Waals surface area contributed by atoms with E-state index >= 15 is 0 Å². The summed E-state index contributed by atoms with van der Waals surface area (Å²) in [6.07, 6.45) is 2.59. The first-order valence-corrected chi connectivity index (χ1v) is 11.3. The molecule has 0 bridgehead atoms. The molecule has 0 aromatic heterocycles. The van der Waals surface area contributed by atoms with Gasteiger partial charge in [0.05, 0.1) is 31.0 Å². The molecule has 0 spiro atoms. The maximum Gasteiger partial charge on any atom is 0.340 e. The van der Waals surface area contributed by atoms with Crippen LogP contribution >= 0.6 is 0 Å². The fraction of sp³-hybridized carbons (Fsp3) is 0.333. The first-order valence-electron chi connectivity index (χ1n) is 11.3. The smallest absolute Gasteiger partial charge is 0.340 e. The van der Waals surface area contributed by atoms with E-state index in [1.807, 2.05) is 63.2 Å². The molecule has 1 aliphatic rings. The summed E-state index contributed by atoms with van der Waals surface area (Å²) in [4.78, 5) is 27.9. The van der Waals surface area contributed by atoms with Crippen LogP contribution in [-0.2, 0) is 14.3 Å². The number of nitrogens with zero attached hydrogens (tertiary/aromatic N) is 1. The van der Waals surface area contributed by atoms with E-state index in [1.54, 1.807) is 24.8 Å². The Balaban J connectivity index is 2.07. The molecule has 6 heteroatoms. The second kappa shape index (κ2) is 10.9. The molecule has 1 amide bonds. The van der Waals surface area contributed by atoms with Gasteiger partial charge in [0.25, 0.3) is 5.91 Å². The van der Waals surface area contributed by atoms with Crippen LogP contribution in [0.25, 0.3) is 6.08 Å². The summed E-state index contributed by atoms with van der Waals surface area (Å²) < 4.78 is 16.8. The van der Waals surface area contributed by atoms with E-state index in [2.05, 4.69) is 0 Å². The number of benzene rings is 2. The predicted octanol–water partition coefficient (Wildman–Crippen LogP) is 5.45. The van der Waals surface area contributed by atoms with E-state index in [0.29, 0.717) is 36.1 Å². The lowest BCUT2D eigenvalue weighted by Gasteiger charge is -2.18. The fourth-order valence-electron chi connectivity index (χ4n) is 3.67. The maximum absolute atomic E-state index is 13.5. The molecule has 0 radical (unpaired) electrons. The summed E-state index contributed by atoms with van der Waals surface area (Å²) in [5, 5.41) is 0. The zero-order valence-electron chi connectivity index (χ0n) is 19.9. The molecule has 2 aromatic rings. The summed E-state index contributed by atoms with van der Waals surface area (Å²) in [7, 11) is 0. The molecule has 33 heavy (non-hydrogen) atoms. The number of rotatable bonds is 9. The molecule has 0 N–H and O–H groups in total. The largest absolute Gasteiger partial charge is 0.490 e. The zero-order chi connectivity index (χ0) is 24.0. The van der Waals surface area contributed by atoms with E-state index in [9.17, 15) is 9.59 Å². The van der Waals surface area contributed by atoms with E-state index in [0.717, 1.165) is 17.5 Å². The van der Waals surface area contributed by atoms with Crippen LogP contribution in [-0.4, -0.2) is 31.7 Å². The van der Waals surface area contributed by atoms with Gasteiger partial charge in [0.2, 0.25) is 0 Å². The molecule has 0 unspecified atom stereocenters. The Morgan fingerprint density at radius 3 is 2.30 bits per heavy atom. The van der Waals surface area contributed by atoms with Crippen LogP contribution < -0.4 is 14.4 Å². The zero-order valence-corrected chi connectivity index (χ0v) is 19.9. The van der Waals surface area contributed by atoms with Gasteiger partial charge in [0.15, 0.2) is 11.5 Å².